The standard InChI is InChI=1S/C20H30N2O4/c1-5-10-22-11-8-16(9-12-22)21-19(23)7-6-15-13-17(24-2)20(26-4)18(14-15)25-3/h6-7,13-14,16H,5,8-12H2,1-4H3,(H,21,23)/b7-6+. The van der Waals surface area contributed by atoms with Gasteiger partial charge in [0.25, 0.3) is 0 Å². The molecule has 6 heteroatoms. The van der Waals surface area contributed by atoms with Crippen molar-refractivity contribution in [1.29, 1.82) is 0 Å². The summed E-state index contributed by atoms with van der Waals surface area (Å²) in [4.78, 5) is 14.7. The van der Waals surface area contributed by atoms with E-state index in [0.717, 1.165) is 38.0 Å². The molecule has 0 unspecified atom stereocenters. The van der Waals surface area contributed by atoms with Crippen molar-refractivity contribution in [1.82, 2.24) is 10.2 Å². The zero-order chi connectivity index (χ0) is 18.9. The number of nitrogens with one attached hydrogen (secondary N) is 1. The molecule has 0 aliphatic carbocycles. The maximum Gasteiger partial charge on any atom is 0.244 e. The number of hydrogen-bond donors (Lipinski definition) is 1. The van der Waals surface area contributed by atoms with Gasteiger partial charge in [0.2, 0.25) is 11.7 Å². The number of methoxy groups -OCH3 is 3. The van der Waals surface area contributed by atoms with E-state index in [1.807, 2.05) is 12.1 Å². The molecule has 0 spiro atoms. The Morgan fingerprint density at radius 3 is 2.27 bits per heavy atom. The molecule has 0 bridgehead atoms. The molecule has 0 aromatic heterocycles. The maximum atomic E-state index is 12.2. The lowest BCUT2D eigenvalue weighted by molar-refractivity contribution is -0.117. The maximum absolute atomic E-state index is 12.2. The third-order valence-corrected chi connectivity index (χ3v) is 4.59. The SMILES string of the molecule is CCCN1CCC(NC(=O)/C=C/c2cc(OC)c(OC)c(OC)c2)CC1. The van der Waals surface area contributed by atoms with E-state index < -0.39 is 0 Å². The van der Waals surface area contributed by atoms with E-state index in [0.29, 0.717) is 17.2 Å². The summed E-state index contributed by atoms with van der Waals surface area (Å²) in [5.74, 6) is 1.59. The molecule has 0 atom stereocenters. The molecule has 1 heterocycles. The van der Waals surface area contributed by atoms with Gasteiger partial charge in [0.15, 0.2) is 11.5 Å². The fraction of sp³-hybridized carbons (Fsp3) is 0.550. The van der Waals surface area contributed by atoms with Gasteiger partial charge in [-0.1, -0.05) is 6.92 Å². The average Bonchev–Trinajstić information content (AvgIpc) is 2.67. The number of ether oxygens (including phenoxy) is 3. The molecule has 1 aliphatic rings. The Labute approximate surface area is 156 Å². The first-order valence-electron chi connectivity index (χ1n) is 9.12. The minimum Gasteiger partial charge on any atom is -0.493 e. The van der Waals surface area contributed by atoms with Crippen LogP contribution in [0.4, 0.5) is 0 Å². The van der Waals surface area contributed by atoms with Crippen LogP contribution in [0.2, 0.25) is 0 Å². The zero-order valence-corrected chi connectivity index (χ0v) is 16.2. The number of nitrogens with zero attached hydrogens (tertiary/aromatic N) is 1. The Kier molecular flexibility index (Phi) is 7.78. The van der Waals surface area contributed by atoms with E-state index in [2.05, 4.69) is 17.1 Å². The first kappa shape index (κ1) is 20.1. The summed E-state index contributed by atoms with van der Waals surface area (Å²) in [5, 5.41) is 3.09. The lowest BCUT2D eigenvalue weighted by Gasteiger charge is -2.31. The Hall–Kier alpha value is -2.21. The summed E-state index contributed by atoms with van der Waals surface area (Å²) >= 11 is 0. The number of rotatable bonds is 8. The van der Waals surface area contributed by atoms with Gasteiger partial charge in [0.1, 0.15) is 0 Å². The van der Waals surface area contributed by atoms with E-state index in [-0.39, 0.29) is 11.9 Å². The molecule has 1 N–H and O–H groups in total. The van der Waals surface area contributed by atoms with Crippen LogP contribution in [0.3, 0.4) is 0 Å². The Morgan fingerprint density at radius 2 is 1.77 bits per heavy atom. The van der Waals surface area contributed by atoms with Gasteiger partial charge in [0, 0.05) is 25.2 Å². The largest absolute Gasteiger partial charge is 0.493 e. The van der Waals surface area contributed by atoms with Crippen LogP contribution in [-0.2, 0) is 4.79 Å². The highest BCUT2D eigenvalue weighted by atomic mass is 16.5. The fourth-order valence-electron chi connectivity index (χ4n) is 3.24. The molecule has 26 heavy (non-hydrogen) atoms. The number of amides is 1. The van der Waals surface area contributed by atoms with E-state index in [4.69, 9.17) is 14.2 Å². The third kappa shape index (κ3) is 5.39. The van der Waals surface area contributed by atoms with Gasteiger partial charge < -0.3 is 24.4 Å². The molecule has 1 aromatic rings. The molecule has 1 fully saturated rings. The molecule has 1 saturated heterocycles. The Balaban J connectivity index is 1.96. The lowest BCUT2D eigenvalue weighted by Crippen LogP contribution is -2.44. The average molecular weight is 362 g/mol. The molecule has 1 aromatic carbocycles. The topological polar surface area (TPSA) is 60.0 Å². The molecule has 6 nitrogen and oxygen atoms in total. The van der Waals surface area contributed by atoms with Crippen LogP contribution in [-0.4, -0.2) is 57.8 Å². The fourth-order valence-corrected chi connectivity index (χ4v) is 3.24. The first-order valence-corrected chi connectivity index (χ1v) is 9.12. The summed E-state index contributed by atoms with van der Waals surface area (Å²) in [6.45, 7) is 5.44. The third-order valence-electron chi connectivity index (χ3n) is 4.59. The summed E-state index contributed by atoms with van der Waals surface area (Å²) in [6.07, 6.45) is 6.49. The minimum absolute atomic E-state index is 0.0762. The summed E-state index contributed by atoms with van der Waals surface area (Å²) in [7, 11) is 4.71. The van der Waals surface area contributed by atoms with Gasteiger partial charge >= 0.3 is 0 Å². The van der Waals surface area contributed by atoms with Crippen molar-refractivity contribution in [2.45, 2.75) is 32.2 Å². The predicted octanol–water partition coefficient (Wildman–Crippen LogP) is 2.72. The van der Waals surface area contributed by atoms with Crippen molar-refractivity contribution >= 4 is 12.0 Å². The van der Waals surface area contributed by atoms with Crippen molar-refractivity contribution in [3.8, 4) is 17.2 Å². The highest BCUT2D eigenvalue weighted by Crippen LogP contribution is 2.38. The van der Waals surface area contributed by atoms with Gasteiger partial charge in [-0.15, -0.1) is 0 Å². The second kappa shape index (κ2) is 10.1. The predicted molar refractivity (Wildman–Crippen MR) is 103 cm³/mol. The number of carbonyl (C=O) groups excluding carboxylic acids is 1. The van der Waals surface area contributed by atoms with Crippen LogP contribution >= 0.6 is 0 Å². The second-order valence-electron chi connectivity index (χ2n) is 6.42. The molecule has 2 rings (SSSR count). The molecule has 1 aliphatic heterocycles. The van der Waals surface area contributed by atoms with E-state index in [1.54, 1.807) is 33.5 Å². The smallest absolute Gasteiger partial charge is 0.244 e. The second-order valence-corrected chi connectivity index (χ2v) is 6.42. The minimum atomic E-state index is -0.0762. The number of benzene rings is 1. The van der Waals surface area contributed by atoms with Gasteiger partial charge in [-0.25, -0.2) is 0 Å². The first-order chi connectivity index (χ1) is 12.6. The molecule has 144 valence electrons. The van der Waals surface area contributed by atoms with Crippen molar-refractivity contribution in [2.75, 3.05) is 41.0 Å². The van der Waals surface area contributed by atoms with Crippen LogP contribution in [0.25, 0.3) is 6.08 Å². The van der Waals surface area contributed by atoms with Gasteiger partial charge in [-0.3, -0.25) is 4.79 Å². The van der Waals surface area contributed by atoms with Crippen LogP contribution in [0.5, 0.6) is 17.2 Å². The quantitative estimate of drug-likeness (QED) is 0.721. The van der Waals surface area contributed by atoms with Crippen molar-refractivity contribution in [3.05, 3.63) is 23.8 Å². The highest BCUT2D eigenvalue weighted by molar-refractivity contribution is 5.92. The van der Waals surface area contributed by atoms with Gasteiger partial charge in [0.05, 0.1) is 21.3 Å². The highest BCUT2D eigenvalue weighted by Gasteiger charge is 2.19. The monoisotopic (exact) mass is 362 g/mol. The number of hydrogen-bond acceptors (Lipinski definition) is 5. The summed E-state index contributed by atoms with van der Waals surface area (Å²) < 4.78 is 16.0. The molecule has 1 amide bonds. The lowest BCUT2D eigenvalue weighted by atomic mass is 10.0. The van der Waals surface area contributed by atoms with Gasteiger partial charge in [-0.05, 0) is 49.6 Å². The Morgan fingerprint density at radius 1 is 1.15 bits per heavy atom. The molecule has 0 radical (unpaired) electrons. The van der Waals surface area contributed by atoms with E-state index >= 15 is 0 Å². The van der Waals surface area contributed by atoms with Crippen LogP contribution in [0, 0.1) is 0 Å². The van der Waals surface area contributed by atoms with Crippen molar-refractivity contribution in [3.63, 3.8) is 0 Å². The van der Waals surface area contributed by atoms with Crippen molar-refractivity contribution in [2.24, 2.45) is 0 Å². The molecular formula is C20H30N2O4. The van der Waals surface area contributed by atoms with Crippen LogP contribution in [0.15, 0.2) is 18.2 Å². The van der Waals surface area contributed by atoms with E-state index in [1.165, 1.54) is 6.42 Å². The number of carbonyl (C=O) groups is 1. The van der Waals surface area contributed by atoms with Crippen LogP contribution < -0.4 is 19.5 Å². The zero-order valence-electron chi connectivity index (χ0n) is 16.2. The number of likely N-dealkylation sites (tertiary alicyclic amines) is 1. The normalized spacial score (nSPS) is 15.8. The molecular weight excluding hydrogens is 332 g/mol. The molecule has 0 saturated carbocycles. The summed E-state index contributed by atoms with van der Waals surface area (Å²) in [5.41, 5.74) is 0.812. The Bertz CT molecular complexity index is 597. The van der Waals surface area contributed by atoms with E-state index in [9.17, 15) is 4.79 Å². The van der Waals surface area contributed by atoms with Gasteiger partial charge in [-0.2, -0.15) is 0 Å². The summed E-state index contributed by atoms with van der Waals surface area (Å²) in [6, 6.07) is 3.88. The number of piperidine rings is 1. The van der Waals surface area contributed by atoms with Crippen molar-refractivity contribution < 1.29 is 19.0 Å². The van der Waals surface area contributed by atoms with Crippen LogP contribution in [0.1, 0.15) is 31.7 Å².